The van der Waals surface area contributed by atoms with Crippen LogP contribution in [0.4, 0.5) is 0 Å². The summed E-state index contributed by atoms with van der Waals surface area (Å²) in [7, 11) is 0. The molecule has 0 bridgehead atoms. The number of carbonyl (C=O) groups excluding carboxylic acids is 2. The van der Waals surface area contributed by atoms with Crippen molar-refractivity contribution in [3.8, 4) is 6.07 Å². The molecule has 0 radical (unpaired) electrons. The molecule has 5 rings (SSSR count). The Morgan fingerprint density at radius 1 is 1.07 bits per heavy atom. The molecule has 1 aliphatic rings. The van der Waals surface area contributed by atoms with E-state index in [-0.39, 0.29) is 17.9 Å². The first-order chi connectivity index (χ1) is 20.5. The van der Waals surface area contributed by atoms with E-state index in [1.807, 2.05) is 59.6 Å². The van der Waals surface area contributed by atoms with E-state index < -0.39 is 0 Å². The van der Waals surface area contributed by atoms with E-state index >= 15 is 0 Å². The average Bonchev–Trinajstić information content (AvgIpc) is 3.60. The SMILES string of the molecule is N#Cc1ccc(Cn2cncc2CN(CCCNC(=O)c2cccnc2)[C@@H]2CCN(Cc3cccc(Cl)c3)C2=O)cc1. The summed E-state index contributed by atoms with van der Waals surface area (Å²) in [6.07, 6.45) is 8.20. The van der Waals surface area contributed by atoms with E-state index in [2.05, 4.69) is 30.8 Å². The third kappa shape index (κ3) is 7.40. The van der Waals surface area contributed by atoms with Gasteiger partial charge in [0.05, 0.1) is 35.3 Å². The van der Waals surface area contributed by atoms with Gasteiger partial charge >= 0.3 is 0 Å². The zero-order valence-corrected chi connectivity index (χ0v) is 24.0. The maximum atomic E-state index is 13.7. The quantitative estimate of drug-likeness (QED) is 0.250. The number of carbonyl (C=O) groups is 2. The topological polar surface area (TPSA) is 107 Å². The minimum absolute atomic E-state index is 0.0903. The number of amides is 2. The van der Waals surface area contributed by atoms with Gasteiger partial charge in [0.25, 0.3) is 5.91 Å². The van der Waals surface area contributed by atoms with Crippen LogP contribution in [0.3, 0.4) is 0 Å². The van der Waals surface area contributed by atoms with Gasteiger partial charge in [-0.05, 0) is 60.4 Å². The number of likely N-dealkylation sites (tertiary alicyclic amines) is 1. The lowest BCUT2D eigenvalue weighted by atomic mass is 10.1. The van der Waals surface area contributed by atoms with Gasteiger partial charge in [-0.3, -0.25) is 19.5 Å². The number of rotatable bonds is 12. The van der Waals surface area contributed by atoms with E-state index in [0.717, 1.165) is 16.8 Å². The van der Waals surface area contributed by atoms with Crippen molar-refractivity contribution in [2.45, 2.75) is 38.5 Å². The molecule has 1 atom stereocenters. The Balaban J connectivity index is 1.27. The molecule has 4 aromatic rings. The van der Waals surface area contributed by atoms with Gasteiger partial charge in [-0.1, -0.05) is 35.9 Å². The zero-order chi connectivity index (χ0) is 29.3. The lowest BCUT2D eigenvalue weighted by Gasteiger charge is -2.28. The van der Waals surface area contributed by atoms with E-state index in [4.69, 9.17) is 16.9 Å². The Morgan fingerprint density at radius 2 is 1.93 bits per heavy atom. The molecule has 0 unspecified atom stereocenters. The largest absolute Gasteiger partial charge is 0.352 e. The molecule has 1 saturated heterocycles. The summed E-state index contributed by atoms with van der Waals surface area (Å²) in [6.45, 7) is 3.42. The zero-order valence-electron chi connectivity index (χ0n) is 23.2. The normalized spacial score (nSPS) is 14.7. The monoisotopic (exact) mass is 581 g/mol. The first-order valence-electron chi connectivity index (χ1n) is 13.9. The Labute approximate surface area is 250 Å². The highest BCUT2D eigenvalue weighted by molar-refractivity contribution is 6.30. The van der Waals surface area contributed by atoms with Gasteiger partial charge in [0.2, 0.25) is 5.91 Å². The van der Waals surface area contributed by atoms with Crippen LogP contribution in [0.15, 0.2) is 85.6 Å². The van der Waals surface area contributed by atoms with Crippen LogP contribution in [-0.4, -0.2) is 61.8 Å². The van der Waals surface area contributed by atoms with Crippen molar-refractivity contribution in [3.05, 3.63) is 119 Å². The van der Waals surface area contributed by atoms with Crippen molar-refractivity contribution < 1.29 is 9.59 Å². The Hall–Kier alpha value is -4.52. The highest BCUT2D eigenvalue weighted by atomic mass is 35.5. The Kier molecular flexibility index (Phi) is 9.59. The van der Waals surface area contributed by atoms with Crippen molar-refractivity contribution >= 4 is 23.4 Å². The summed E-state index contributed by atoms with van der Waals surface area (Å²) in [5, 5.41) is 12.7. The molecule has 3 heterocycles. The summed E-state index contributed by atoms with van der Waals surface area (Å²) in [6, 6.07) is 20.4. The van der Waals surface area contributed by atoms with Gasteiger partial charge in [0, 0.05) is 62.9 Å². The molecule has 0 aliphatic carbocycles. The van der Waals surface area contributed by atoms with Crippen molar-refractivity contribution in [2.24, 2.45) is 0 Å². The Bertz CT molecular complexity index is 1550. The lowest BCUT2D eigenvalue weighted by molar-refractivity contribution is -0.132. The van der Waals surface area contributed by atoms with Crippen LogP contribution in [0, 0.1) is 11.3 Å². The highest BCUT2D eigenvalue weighted by Gasteiger charge is 2.36. The van der Waals surface area contributed by atoms with Crippen LogP contribution in [-0.2, 0) is 24.4 Å². The first-order valence-corrected chi connectivity index (χ1v) is 14.3. The minimum atomic E-state index is -0.281. The van der Waals surface area contributed by atoms with Gasteiger partial charge in [-0.15, -0.1) is 0 Å². The molecule has 0 spiro atoms. The van der Waals surface area contributed by atoms with Gasteiger partial charge in [-0.2, -0.15) is 5.26 Å². The molecule has 1 aliphatic heterocycles. The van der Waals surface area contributed by atoms with Crippen LogP contribution in [0.5, 0.6) is 0 Å². The van der Waals surface area contributed by atoms with Crippen LogP contribution in [0.2, 0.25) is 5.02 Å². The second-order valence-corrected chi connectivity index (χ2v) is 10.8. The molecule has 1 fully saturated rings. The number of halogens is 1. The summed E-state index contributed by atoms with van der Waals surface area (Å²) in [5.41, 5.74) is 4.18. The number of hydrogen-bond acceptors (Lipinski definition) is 6. The third-order valence-corrected chi connectivity index (χ3v) is 7.64. The first kappa shape index (κ1) is 29.0. The van der Waals surface area contributed by atoms with E-state index in [1.54, 1.807) is 30.9 Å². The molecule has 2 amide bonds. The van der Waals surface area contributed by atoms with Crippen molar-refractivity contribution in [2.75, 3.05) is 19.6 Å². The molecule has 214 valence electrons. The number of pyridine rings is 1. The number of imidazole rings is 1. The summed E-state index contributed by atoms with van der Waals surface area (Å²) >= 11 is 6.18. The molecular weight excluding hydrogens is 550 g/mol. The van der Waals surface area contributed by atoms with Crippen molar-refractivity contribution in [3.63, 3.8) is 0 Å². The standard InChI is InChI=1S/C32H32ClN7O2/c33-28-6-1-4-26(16-28)21-39-15-11-30(32(39)42)38(14-3-13-37-31(41)27-5-2-12-35-18-27)22-29-19-36-23-40(29)20-25-9-7-24(17-34)8-10-25/h1-2,4-10,12,16,18-19,23,30H,3,11,13-15,20-22H2,(H,37,41)/t30-/m1/s1. The molecule has 1 N–H and O–H groups in total. The fraction of sp³-hybridized carbons (Fsp3) is 0.281. The number of hydrogen-bond donors (Lipinski definition) is 1. The molecule has 2 aromatic carbocycles. The molecule has 10 heteroatoms. The predicted molar refractivity (Wildman–Crippen MR) is 159 cm³/mol. The second kappa shape index (κ2) is 13.9. The summed E-state index contributed by atoms with van der Waals surface area (Å²) < 4.78 is 2.07. The summed E-state index contributed by atoms with van der Waals surface area (Å²) in [4.78, 5) is 38.6. The molecule has 0 saturated carbocycles. The average molecular weight is 582 g/mol. The van der Waals surface area contributed by atoms with Crippen LogP contribution in [0.25, 0.3) is 0 Å². The molecule has 9 nitrogen and oxygen atoms in total. The lowest BCUT2D eigenvalue weighted by Crippen LogP contribution is -2.43. The number of nitrogens with zero attached hydrogens (tertiary/aromatic N) is 6. The maximum absolute atomic E-state index is 13.7. The highest BCUT2D eigenvalue weighted by Crippen LogP contribution is 2.23. The molecular formula is C32H32ClN7O2. The van der Waals surface area contributed by atoms with Crippen LogP contribution >= 0.6 is 11.6 Å². The van der Waals surface area contributed by atoms with Crippen LogP contribution in [0.1, 0.15) is 45.6 Å². The Morgan fingerprint density at radius 3 is 2.69 bits per heavy atom. The van der Waals surface area contributed by atoms with Gasteiger partial charge in [0.15, 0.2) is 0 Å². The number of benzene rings is 2. The molecule has 2 aromatic heterocycles. The number of nitriles is 1. The van der Waals surface area contributed by atoms with Crippen LogP contribution < -0.4 is 5.32 Å². The van der Waals surface area contributed by atoms with Gasteiger partial charge in [-0.25, -0.2) is 4.98 Å². The fourth-order valence-electron chi connectivity index (χ4n) is 5.21. The third-order valence-electron chi connectivity index (χ3n) is 7.40. The van der Waals surface area contributed by atoms with Crippen molar-refractivity contribution in [1.82, 2.24) is 29.7 Å². The number of aromatic nitrogens is 3. The van der Waals surface area contributed by atoms with Gasteiger partial charge in [0.1, 0.15) is 0 Å². The molecule has 42 heavy (non-hydrogen) atoms. The van der Waals surface area contributed by atoms with E-state index in [9.17, 15) is 9.59 Å². The second-order valence-electron chi connectivity index (χ2n) is 10.3. The number of nitrogens with one attached hydrogen (secondary N) is 1. The minimum Gasteiger partial charge on any atom is -0.352 e. The smallest absolute Gasteiger partial charge is 0.252 e. The van der Waals surface area contributed by atoms with E-state index in [1.165, 1.54) is 0 Å². The van der Waals surface area contributed by atoms with Crippen molar-refractivity contribution in [1.29, 1.82) is 5.26 Å². The fourth-order valence-corrected chi connectivity index (χ4v) is 5.43. The maximum Gasteiger partial charge on any atom is 0.252 e. The van der Waals surface area contributed by atoms with Gasteiger partial charge < -0.3 is 14.8 Å². The predicted octanol–water partition coefficient (Wildman–Crippen LogP) is 4.27. The summed E-state index contributed by atoms with van der Waals surface area (Å²) in [5.74, 6) is -0.0766. The van der Waals surface area contributed by atoms with E-state index in [0.29, 0.717) is 68.3 Å².